The number of aliphatic imine (C=N–C) groups is 1. The van der Waals surface area contributed by atoms with Gasteiger partial charge in [-0.25, -0.2) is 0 Å². The topological polar surface area (TPSA) is 71.0 Å². The van der Waals surface area contributed by atoms with Crippen LogP contribution in [0.1, 0.15) is 55.7 Å². The lowest BCUT2D eigenvalue weighted by Crippen LogP contribution is -2.51. The second-order valence-corrected chi connectivity index (χ2v) is 8.63. The normalized spacial score (nSPS) is 17.4. The summed E-state index contributed by atoms with van der Waals surface area (Å²) in [6, 6.07) is 13.4. The predicted molar refractivity (Wildman–Crippen MR) is 126 cm³/mol. The third-order valence-corrected chi connectivity index (χ3v) is 6.59. The molecule has 2 aliphatic rings. The summed E-state index contributed by atoms with van der Waals surface area (Å²) >= 11 is 0. The molecule has 1 aliphatic carbocycles. The number of hydrogen-bond donors (Lipinski definition) is 1. The van der Waals surface area contributed by atoms with Crippen LogP contribution in [0, 0.1) is 6.92 Å². The number of carbonyl (C=O) groups excluding carboxylic acids is 2. The molecule has 32 heavy (non-hydrogen) atoms. The number of amides is 2. The second-order valence-electron chi connectivity index (χ2n) is 8.63. The molecule has 2 aromatic rings. The molecule has 1 fully saturated rings. The van der Waals surface area contributed by atoms with Crippen molar-refractivity contribution in [2.24, 2.45) is 4.99 Å². The van der Waals surface area contributed by atoms with Crippen LogP contribution in [0.2, 0.25) is 0 Å². The van der Waals surface area contributed by atoms with Crippen molar-refractivity contribution in [3.8, 4) is 5.75 Å². The van der Waals surface area contributed by atoms with Gasteiger partial charge in [0.05, 0.1) is 7.11 Å². The summed E-state index contributed by atoms with van der Waals surface area (Å²) < 4.78 is 5.24. The van der Waals surface area contributed by atoms with Crippen LogP contribution in [0.25, 0.3) is 0 Å². The van der Waals surface area contributed by atoms with Crippen molar-refractivity contribution >= 4 is 23.2 Å². The Bertz CT molecular complexity index is 1040. The van der Waals surface area contributed by atoms with Gasteiger partial charge in [-0.2, -0.15) is 0 Å². The molecule has 1 N–H and O–H groups in total. The maximum Gasteiger partial charge on any atom is 0.275 e. The summed E-state index contributed by atoms with van der Waals surface area (Å²) in [5, 5.41) is 3.07. The zero-order valence-corrected chi connectivity index (χ0v) is 19.1. The first-order valence-corrected chi connectivity index (χ1v) is 11.4. The number of nitrogens with zero attached hydrogens (tertiary/aromatic N) is 2. The van der Waals surface area contributed by atoms with Crippen LogP contribution in [-0.2, 0) is 16.0 Å². The van der Waals surface area contributed by atoms with Gasteiger partial charge in [0.25, 0.3) is 5.91 Å². The van der Waals surface area contributed by atoms with Crippen LogP contribution in [0.3, 0.4) is 0 Å². The van der Waals surface area contributed by atoms with Gasteiger partial charge < -0.3 is 15.0 Å². The molecule has 6 nitrogen and oxygen atoms in total. The summed E-state index contributed by atoms with van der Waals surface area (Å²) in [7, 11) is 1.61. The van der Waals surface area contributed by atoms with E-state index in [9.17, 15) is 9.59 Å². The van der Waals surface area contributed by atoms with Crippen molar-refractivity contribution in [3.63, 3.8) is 0 Å². The smallest absolute Gasteiger partial charge is 0.275 e. The minimum absolute atomic E-state index is 0.000519. The lowest BCUT2D eigenvalue weighted by molar-refractivity contribution is -0.134. The molecular formula is C26H31N3O3. The summed E-state index contributed by atoms with van der Waals surface area (Å²) in [5.74, 6) is 0.375. The van der Waals surface area contributed by atoms with E-state index in [2.05, 4.69) is 12.2 Å². The van der Waals surface area contributed by atoms with Gasteiger partial charge >= 0.3 is 0 Å². The van der Waals surface area contributed by atoms with Crippen LogP contribution in [0.4, 0.5) is 5.69 Å². The Morgan fingerprint density at radius 2 is 1.84 bits per heavy atom. The number of nitrogens with one attached hydrogen (secondary N) is 1. The van der Waals surface area contributed by atoms with Crippen molar-refractivity contribution in [2.75, 3.05) is 19.0 Å². The van der Waals surface area contributed by atoms with E-state index >= 15 is 0 Å². The number of anilines is 1. The monoisotopic (exact) mass is 433 g/mol. The standard InChI is InChI=1S/C26H31N3O3/c1-4-19-10-8-9-18(2)23(19)27-22(30)17-29-25(31)24(20-11-13-21(32-3)14-12-20)28-26(29)15-6-5-7-16-26/h8-14H,4-7,15-17H2,1-3H3,(H,27,30). The number of hydrogen-bond acceptors (Lipinski definition) is 4. The molecule has 1 aliphatic heterocycles. The zero-order chi connectivity index (χ0) is 22.7. The minimum atomic E-state index is -0.624. The first-order chi connectivity index (χ1) is 15.5. The highest BCUT2D eigenvalue weighted by atomic mass is 16.5. The van der Waals surface area contributed by atoms with Gasteiger partial charge in [0.1, 0.15) is 23.7 Å². The minimum Gasteiger partial charge on any atom is -0.497 e. The molecule has 2 aromatic carbocycles. The molecule has 1 spiro atoms. The molecular weight excluding hydrogens is 402 g/mol. The number of ether oxygens (including phenoxy) is 1. The van der Waals surface area contributed by atoms with E-state index in [-0.39, 0.29) is 18.4 Å². The maximum atomic E-state index is 13.5. The van der Waals surface area contributed by atoms with E-state index in [1.165, 1.54) is 0 Å². The molecule has 1 heterocycles. The predicted octanol–water partition coefficient (Wildman–Crippen LogP) is 4.50. The summed E-state index contributed by atoms with van der Waals surface area (Å²) in [5.41, 5.74) is 3.53. The maximum absolute atomic E-state index is 13.5. The van der Waals surface area contributed by atoms with Crippen molar-refractivity contribution in [2.45, 2.75) is 58.0 Å². The van der Waals surface area contributed by atoms with E-state index in [0.29, 0.717) is 5.71 Å². The molecule has 168 valence electrons. The highest BCUT2D eigenvalue weighted by Gasteiger charge is 2.48. The number of carbonyl (C=O) groups is 2. The Kier molecular flexibility index (Phi) is 6.31. The van der Waals surface area contributed by atoms with E-state index in [0.717, 1.165) is 66.7 Å². The lowest BCUT2D eigenvalue weighted by Gasteiger charge is -2.38. The average molecular weight is 434 g/mol. The van der Waals surface area contributed by atoms with E-state index in [4.69, 9.17) is 9.73 Å². The molecule has 2 amide bonds. The molecule has 6 heteroatoms. The summed E-state index contributed by atoms with van der Waals surface area (Å²) in [6.07, 6.45) is 5.54. The zero-order valence-electron chi connectivity index (χ0n) is 19.1. The van der Waals surface area contributed by atoms with E-state index in [1.54, 1.807) is 12.0 Å². The van der Waals surface area contributed by atoms with Crippen LogP contribution < -0.4 is 10.1 Å². The Hall–Kier alpha value is -3.15. The second kappa shape index (κ2) is 9.15. The molecule has 0 aromatic heterocycles. The fraction of sp³-hybridized carbons (Fsp3) is 0.423. The molecule has 1 saturated carbocycles. The van der Waals surface area contributed by atoms with E-state index < -0.39 is 5.66 Å². The summed E-state index contributed by atoms with van der Waals surface area (Å²) in [6.45, 7) is 4.06. The average Bonchev–Trinajstić information content (AvgIpc) is 3.07. The van der Waals surface area contributed by atoms with Crippen LogP contribution in [0.15, 0.2) is 47.5 Å². The van der Waals surface area contributed by atoms with Crippen molar-refractivity contribution in [1.82, 2.24) is 4.90 Å². The van der Waals surface area contributed by atoms with E-state index in [1.807, 2.05) is 49.4 Å². The van der Waals surface area contributed by atoms with Gasteiger partial charge in [-0.05, 0) is 74.4 Å². The van der Waals surface area contributed by atoms with Crippen LogP contribution >= 0.6 is 0 Å². The number of benzene rings is 2. The Morgan fingerprint density at radius 3 is 2.50 bits per heavy atom. The van der Waals surface area contributed by atoms with Gasteiger partial charge in [0.15, 0.2) is 0 Å². The number of aryl methyl sites for hydroxylation is 2. The molecule has 4 rings (SSSR count). The van der Waals surface area contributed by atoms with Gasteiger partial charge in [-0.3, -0.25) is 14.6 Å². The lowest BCUT2D eigenvalue weighted by atomic mass is 9.88. The van der Waals surface area contributed by atoms with Crippen molar-refractivity contribution in [1.29, 1.82) is 0 Å². The molecule has 0 bridgehead atoms. The SMILES string of the molecule is CCc1cccc(C)c1NC(=O)CN1C(=O)C(c2ccc(OC)cc2)=NC12CCCCC2. The highest BCUT2D eigenvalue weighted by molar-refractivity contribution is 6.47. The number of methoxy groups -OCH3 is 1. The fourth-order valence-electron chi connectivity index (χ4n) is 4.81. The highest BCUT2D eigenvalue weighted by Crippen LogP contribution is 2.39. The fourth-order valence-corrected chi connectivity index (χ4v) is 4.81. The number of rotatable bonds is 6. The molecule has 0 unspecified atom stereocenters. The first-order valence-electron chi connectivity index (χ1n) is 11.4. The molecule has 0 atom stereocenters. The quantitative estimate of drug-likeness (QED) is 0.729. The van der Waals surface area contributed by atoms with Gasteiger partial charge in [-0.1, -0.05) is 31.5 Å². The third kappa shape index (κ3) is 4.14. The largest absolute Gasteiger partial charge is 0.497 e. The first kappa shape index (κ1) is 22.1. The molecule has 0 radical (unpaired) electrons. The van der Waals surface area contributed by atoms with Crippen LogP contribution in [-0.4, -0.2) is 41.7 Å². The number of para-hydroxylation sites is 1. The van der Waals surface area contributed by atoms with Crippen molar-refractivity contribution in [3.05, 3.63) is 59.2 Å². The van der Waals surface area contributed by atoms with Crippen LogP contribution in [0.5, 0.6) is 5.75 Å². The Balaban J connectivity index is 1.60. The Labute approximate surface area is 189 Å². The third-order valence-electron chi connectivity index (χ3n) is 6.59. The summed E-state index contributed by atoms with van der Waals surface area (Å²) in [4.78, 5) is 33.3. The van der Waals surface area contributed by atoms with Gasteiger partial charge in [0, 0.05) is 11.3 Å². The van der Waals surface area contributed by atoms with Crippen molar-refractivity contribution < 1.29 is 14.3 Å². The Morgan fingerprint density at radius 1 is 1.12 bits per heavy atom. The van der Waals surface area contributed by atoms with Gasteiger partial charge in [-0.15, -0.1) is 0 Å². The molecule has 0 saturated heterocycles. The van der Waals surface area contributed by atoms with Gasteiger partial charge in [0.2, 0.25) is 5.91 Å².